The smallest absolute Gasteiger partial charge is 0.302 e. The van der Waals surface area contributed by atoms with Gasteiger partial charge in [0.25, 0.3) is 0 Å². The zero-order valence-corrected chi connectivity index (χ0v) is 17.0. The Morgan fingerprint density at radius 1 is 1.28 bits per heavy atom. The molecule has 4 heterocycles. The van der Waals surface area contributed by atoms with Gasteiger partial charge < -0.3 is 24.4 Å². The van der Waals surface area contributed by atoms with E-state index in [1.54, 1.807) is 0 Å². The summed E-state index contributed by atoms with van der Waals surface area (Å²) in [6.07, 6.45) is -0.433. The summed E-state index contributed by atoms with van der Waals surface area (Å²) in [4.78, 5) is 25.7. The van der Waals surface area contributed by atoms with Crippen LogP contribution in [-0.4, -0.2) is 52.4 Å². The molecule has 8 rings (SSSR count). The Bertz CT molecular complexity index is 865. The van der Waals surface area contributed by atoms with Crippen molar-refractivity contribution < 1.29 is 34.0 Å². The molecule has 4 saturated carbocycles. The molecule has 2 spiro atoms. The molecule has 158 valence electrons. The van der Waals surface area contributed by atoms with E-state index in [0.29, 0.717) is 18.4 Å². The zero-order valence-electron chi connectivity index (χ0n) is 17.0. The number of ether oxygens (including phenoxy) is 3. The van der Waals surface area contributed by atoms with Crippen LogP contribution in [0, 0.1) is 34.0 Å². The van der Waals surface area contributed by atoms with E-state index in [0.717, 1.165) is 12.8 Å². The molecular weight excluding hydrogens is 376 g/mol. The molecule has 7 bridgehead atoms. The highest BCUT2D eigenvalue weighted by molar-refractivity contribution is 6.05. The summed E-state index contributed by atoms with van der Waals surface area (Å²) < 4.78 is 18.3. The number of aliphatic hydroxyl groups is 2. The predicted octanol–water partition coefficient (Wildman–Crippen LogP) is 1.31. The van der Waals surface area contributed by atoms with Crippen molar-refractivity contribution in [2.75, 3.05) is 0 Å². The lowest BCUT2D eigenvalue weighted by atomic mass is 9.34. The second-order valence-corrected chi connectivity index (χ2v) is 10.7. The summed E-state index contributed by atoms with van der Waals surface area (Å²) in [5, 5.41) is 23.4. The number of hydrogen-bond donors (Lipinski definition) is 2. The average Bonchev–Trinajstić information content (AvgIpc) is 2.76. The maximum absolute atomic E-state index is 13.6. The van der Waals surface area contributed by atoms with Gasteiger partial charge in [-0.25, -0.2) is 0 Å². The van der Waals surface area contributed by atoms with Crippen LogP contribution in [-0.2, 0) is 23.8 Å². The maximum atomic E-state index is 13.6. The lowest BCUT2D eigenvalue weighted by molar-refractivity contribution is -0.556. The van der Waals surface area contributed by atoms with Crippen molar-refractivity contribution in [1.82, 2.24) is 0 Å². The van der Waals surface area contributed by atoms with Crippen LogP contribution < -0.4 is 0 Å². The summed E-state index contributed by atoms with van der Waals surface area (Å²) >= 11 is 0. The summed E-state index contributed by atoms with van der Waals surface area (Å²) in [5.74, 6) is -3.55. The number of carbonyl (C=O) groups is 2. The number of Topliss-reactive ketones (excluding diaryl/α,β-unsaturated/α-hetero) is 1. The zero-order chi connectivity index (χ0) is 20.7. The highest BCUT2D eigenvalue weighted by Crippen LogP contribution is 2.81. The van der Waals surface area contributed by atoms with Crippen molar-refractivity contribution in [3.05, 3.63) is 12.2 Å². The number of hydrogen-bond acceptors (Lipinski definition) is 7. The fourth-order valence-corrected chi connectivity index (χ4v) is 8.72. The van der Waals surface area contributed by atoms with Gasteiger partial charge in [-0.1, -0.05) is 20.4 Å². The Hall–Kier alpha value is -1.28. The summed E-state index contributed by atoms with van der Waals surface area (Å²) in [5.41, 5.74) is -2.15. The molecule has 2 N–H and O–H groups in total. The molecule has 0 aromatic carbocycles. The van der Waals surface area contributed by atoms with Gasteiger partial charge in [-0.3, -0.25) is 9.59 Å². The number of ketones is 1. The van der Waals surface area contributed by atoms with E-state index in [-0.39, 0.29) is 23.0 Å². The lowest BCUT2D eigenvalue weighted by Crippen LogP contribution is -2.91. The molecule has 0 radical (unpaired) electrons. The second kappa shape index (κ2) is 4.96. The van der Waals surface area contributed by atoms with Crippen LogP contribution in [0.4, 0.5) is 0 Å². The third-order valence-corrected chi connectivity index (χ3v) is 9.42. The standard InChI is InChI=1S/C22H28O7/c1-9-11-5-6-12-20-13(27-10(2)23)7-8-19(3,4)14(20)16(25)22(26)21(12,15(9)24)17(11)28-18(20)29-22/h11-14,16-18,25-26H,1,5-8H2,2-4H3/t11-,12-,13-,14+,16-,17-,18?,20-,21-,22-/m0/s1. The van der Waals surface area contributed by atoms with Gasteiger partial charge in [0.05, 0.1) is 11.5 Å². The van der Waals surface area contributed by atoms with Crippen LogP contribution in [0.1, 0.15) is 46.5 Å². The largest absolute Gasteiger partial charge is 0.462 e. The van der Waals surface area contributed by atoms with E-state index >= 15 is 0 Å². The first-order chi connectivity index (χ1) is 13.5. The quantitative estimate of drug-likeness (QED) is 0.502. The van der Waals surface area contributed by atoms with Crippen LogP contribution in [0.3, 0.4) is 0 Å². The van der Waals surface area contributed by atoms with Crippen molar-refractivity contribution in [3.8, 4) is 0 Å². The first kappa shape index (κ1) is 18.5. The topological polar surface area (TPSA) is 102 Å². The predicted molar refractivity (Wildman–Crippen MR) is 98.0 cm³/mol. The van der Waals surface area contributed by atoms with Gasteiger partial charge in [0.2, 0.25) is 5.79 Å². The maximum Gasteiger partial charge on any atom is 0.302 e. The summed E-state index contributed by atoms with van der Waals surface area (Å²) in [6, 6.07) is 0. The molecule has 1 unspecified atom stereocenters. The van der Waals surface area contributed by atoms with E-state index in [1.165, 1.54) is 6.92 Å². The van der Waals surface area contributed by atoms with Gasteiger partial charge in [-0.05, 0) is 42.6 Å². The second-order valence-electron chi connectivity index (χ2n) is 10.7. The average molecular weight is 404 g/mol. The summed E-state index contributed by atoms with van der Waals surface area (Å²) in [7, 11) is 0. The van der Waals surface area contributed by atoms with E-state index in [9.17, 15) is 19.8 Å². The van der Waals surface area contributed by atoms with Gasteiger partial charge in [0, 0.05) is 18.8 Å². The highest BCUT2D eigenvalue weighted by Gasteiger charge is 2.93. The number of carbonyl (C=O) groups excluding carboxylic acids is 2. The molecule has 0 amide bonds. The number of esters is 1. The molecule has 4 saturated heterocycles. The third kappa shape index (κ3) is 1.58. The van der Waals surface area contributed by atoms with Gasteiger partial charge in [-0.2, -0.15) is 0 Å². The molecule has 8 fully saturated rings. The Kier molecular flexibility index (Phi) is 3.16. The van der Waals surface area contributed by atoms with E-state index in [4.69, 9.17) is 14.2 Å². The van der Waals surface area contributed by atoms with Gasteiger partial charge >= 0.3 is 5.97 Å². The van der Waals surface area contributed by atoms with Crippen molar-refractivity contribution in [1.29, 1.82) is 0 Å². The molecule has 0 aromatic rings. The minimum atomic E-state index is -2.01. The van der Waals surface area contributed by atoms with Gasteiger partial charge in [0.15, 0.2) is 12.1 Å². The van der Waals surface area contributed by atoms with Crippen molar-refractivity contribution in [3.63, 3.8) is 0 Å². The molecule has 10 atom stereocenters. The van der Waals surface area contributed by atoms with E-state index in [2.05, 4.69) is 20.4 Å². The van der Waals surface area contributed by atoms with Crippen LogP contribution >= 0.6 is 0 Å². The Labute approximate surface area is 169 Å². The number of aliphatic hydroxyl groups excluding tert-OH is 1. The molecule has 7 nitrogen and oxygen atoms in total. The monoisotopic (exact) mass is 404 g/mol. The molecule has 0 aromatic heterocycles. The van der Waals surface area contributed by atoms with Gasteiger partial charge in [-0.15, -0.1) is 0 Å². The van der Waals surface area contributed by atoms with E-state index < -0.39 is 53.1 Å². The van der Waals surface area contributed by atoms with Crippen LogP contribution in [0.25, 0.3) is 0 Å². The fourth-order valence-electron chi connectivity index (χ4n) is 8.72. The van der Waals surface area contributed by atoms with Crippen LogP contribution in [0.5, 0.6) is 0 Å². The number of rotatable bonds is 1. The minimum Gasteiger partial charge on any atom is -0.462 e. The van der Waals surface area contributed by atoms with Crippen LogP contribution in [0.15, 0.2) is 12.2 Å². The first-order valence-electron chi connectivity index (χ1n) is 10.7. The Morgan fingerprint density at radius 3 is 2.69 bits per heavy atom. The molecule has 8 aliphatic rings. The molecule has 29 heavy (non-hydrogen) atoms. The molecule has 7 heteroatoms. The summed E-state index contributed by atoms with van der Waals surface area (Å²) in [6.45, 7) is 9.54. The fraction of sp³-hybridized carbons (Fsp3) is 0.818. The molecular formula is C22H28O7. The van der Waals surface area contributed by atoms with Crippen molar-refractivity contribution >= 4 is 11.8 Å². The van der Waals surface area contributed by atoms with Crippen molar-refractivity contribution in [2.24, 2.45) is 34.0 Å². The SMILES string of the molecule is C=C1C(=O)[C@@]23[C@H]4OC5O[C@@]2(O)[C@@H](O)[C@@H]2C(C)(C)CC[C@H](OC(C)=O)[C@]52[C@@H]3CC[C@@H]14. The van der Waals surface area contributed by atoms with Crippen LogP contribution in [0.2, 0.25) is 0 Å². The molecule has 4 aliphatic carbocycles. The molecule has 4 aliphatic heterocycles. The minimum absolute atomic E-state index is 0.165. The first-order valence-corrected chi connectivity index (χ1v) is 10.7. The van der Waals surface area contributed by atoms with Gasteiger partial charge in [0.1, 0.15) is 17.6 Å². The van der Waals surface area contributed by atoms with E-state index in [1.807, 2.05) is 0 Å². The normalized spacial score (nSPS) is 58.3. The Morgan fingerprint density at radius 2 is 2.00 bits per heavy atom. The lowest BCUT2D eigenvalue weighted by Gasteiger charge is -2.79. The highest BCUT2D eigenvalue weighted by atomic mass is 16.8. The third-order valence-electron chi connectivity index (χ3n) is 9.42. The Balaban J connectivity index is 1.66. The van der Waals surface area contributed by atoms with Crippen molar-refractivity contribution in [2.45, 2.75) is 76.8 Å².